The molecule has 0 bridgehead atoms. The zero-order valence-electron chi connectivity index (χ0n) is 22.4. The second-order valence-electron chi connectivity index (χ2n) is 11.1. The van der Waals surface area contributed by atoms with Gasteiger partial charge >= 0.3 is 0 Å². The van der Waals surface area contributed by atoms with Crippen molar-refractivity contribution in [3.8, 4) is 0 Å². The minimum absolute atomic E-state index is 0.137. The molecule has 0 aliphatic carbocycles. The summed E-state index contributed by atoms with van der Waals surface area (Å²) in [6, 6.07) is 28.0. The van der Waals surface area contributed by atoms with E-state index in [-0.39, 0.29) is 28.9 Å². The van der Waals surface area contributed by atoms with Gasteiger partial charge < -0.3 is 9.80 Å². The average molecular weight is 531 g/mol. The third kappa shape index (κ3) is 5.43. The van der Waals surface area contributed by atoms with Crippen molar-refractivity contribution in [1.29, 1.82) is 0 Å². The largest absolute Gasteiger partial charge is 0.345 e. The topological polar surface area (TPSA) is 57.7 Å². The summed E-state index contributed by atoms with van der Waals surface area (Å²) in [6.07, 6.45) is 2.68. The monoisotopic (exact) mass is 530 g/mol. The molecule has 200 valence electrons. The van der Waals surface area contributed by atoms with Crippen LogP contribution in [0.25, 0.3) is 0 Å². The van der Waals surface area contributed by atoms with E-state index in [1.807, 2.05) is 73.5 Å². The highest BCUT2D eigenvalue weighted by Crippen LogP contribution is 2.46. The number of carbonyl (C=O) groups excluding carboxylic acids is 1. The molecule has 3 aromatic rings. The van der Waals surface area contributed by atoms with Crippen molar-refractivity contribution < 1.29 is 13.2 Å². The van der Waals surface area contributed by atoms with E-state index in [0.29, 0.717) is 11.4 Å². The lowest BCUT2D eigenvalue weighted by atomic mass is 9.74. The molecule has 0 radical (unpaired) electrons. The van der Waals surface area contributed by atoms with E-state index in [2.05, 4.69) is 29.2 Å². The minimum atomic E-state index is -3.20. The Morgan fingerprint density at radius 1 is 0.895 bits per heavy atom. The maximum atomic E-state index is 13.3. The number of carbonyl (C=O) groups is 1. The van der Waals surface area contributed by atoms with Crippen LogP contribution < -0.4 is 0 Å². The molecular weight excluding hydrogens is 492 g/mol. The van der Waals surface area contributed by atoms with Crippen LogP contribution >= 0.6 is 0 Å². The maximum Gasteiger partial charge on any atom is 0.229 e. The van der Waals surface area contributed by atoms with Gasteiger partial charge in [0.15, 0.2) is 9.84 Å². The van der Waals surface area contributed by atoms with Gasteiger partial charge in [-0.3, -0.25) is 4.79 Å². The number of hydrogen-bond acceptors (Lipinski definition) is 4. The zero-order valence-corrected chi connectivity index (χ0v) is 23.2. The molecule has 1 amide bonds. The second kappa shape index (κ2) is 11.0. The summed E-state index contributed by atoms with van der Waals surface area (Å²) in [5, 5.41) is 0. The third-order valence-corrected chi connectivity index (χ3v) is 10.6. The van der Waals surface area contributed by atoms with Gasteiger partial charge in [0.05, 0.1) is 16.6 Å². The van der Waals surface area contributed by atoms with Crippen molar-refractivity contribution >= 4 is 15.7 Å². The first-order chi connectivity index (χ1) is 18.3. The number of fused-ring (bicyclic) bond motifs is 2. The Labute approximate surface area is 227 Å². The summed E-state index contributed by atoms with van der Waals surface area (Å²) in [5.41, 5.74) is 3.07. The standard InChI is InChI=1S/C32H38N2O3S/c1-25(26-11-5-3-6-12-26)31(35)33(2)23-28(27-13-7-4-8-14-27)17-20-34-21-18-32(19-22-34)24-38(36,37)30-16-10-9-15-29(30)32/h3-16,25,28H,17-24H2,1-2H3/t25-,28+/m1/s1. The molecule has 3 aromatic carbocycles. The molecule has 38 heavy (non-hydrogen) atoms. The average Bonchev–Trinajstić information content (AvgIpc) is 3.17. The second-order valence-corrected chi connectivity index (χ2v) is 13.1. The van der Waals surface area contributed by atoms with Crippen LogP contribution in [0.2, 0.25) is 0 Å². The molecular formula is C32H38N2O3S. The fraction of sp³-hybridized carbons (Fsp3) is 0.406. The lowest BCUT2D eigenvalue weighted by molar-refractivity contribution is -0.131. The maximum absolute atomic E-state index is 13.3. The van der Waals surface area contributed by atoms with Crippen LogP contribution in [0.5, 0.6) is 0 Å². The Morgan fingerprint density at radius 2 is 1.47 bits per heavy atom. The summed E-state index contributed by atoms with van der Waals surface area (Å²) in [6.45, 7) is 5.37. The number of amides is 1. The van der Waals surface area contributed by atoms with Gasteiger partial charge in [0, 0.05) is 24.9 Å². The van der Waals surface area contributed by atoms with Crippen LogP contribution in [-0.2, 0) is 20.0 Å². The molecule has 2 aliphatic rings. The highest BCUT2D eigenvalue weighted by atomic mass is 32.2. The molecule has 2 atom stereocenters. The lowest BCUT2D eigenvalue weighted by Gasteiger charge is -2.40. The molecule has 1 spiro atoms. The van der Waals surface area contributed by atoms with Crippen LogP contribution in [0, 0.1) is 0 Å². The van der Waals surface area contributed by atoms with Crippen molar-refractivity contribution in [3.63, 3.8) is 0 Å². The van der Waals surface area contributed by atoms with E-state index in [1.165, 1.54) is 5.56 Å². The van der Waals surface area contributed by atoms with Gasteiger partial charge in [0.25, 0.3) is 0 Å². The van der Waals surface area contributed by atoms with Crippen molar-refractivity contribution in [3.05, 3.63) is 102 Å². The first kappa shape index (κ1) is 26.6. The van der Waals surface area contributed by atoms with Crippen molar-refractivity contribution in [2.75, 3.05) is 39.0 Å². The van der Waals surface area contributed by atoms with Crippen LogP contribution in [0.15, 0.2) is 89.8 Å². The van der Waals surface area contributed by atoms with Gasteiger partial charge in [0.1, 0.15) is 0 Å². The minimum Gasteiger partial charge on any atom is -0.345 e. The molecule has 2 heterocycles. The zero-order chi connectivity index (χ0) is 26.8. The highest BCUT2D eigenvalue weighted by Gasteiger charge is 2.48. The first-order valence-electron chi connectivity index (χ1n) is 13.7. The van der Waals surface area contributed by atoms with Gasteiger partial charge in [-0.1, -0.05) is 78.9 Å². The normalized spacial score (nSPS) is 19.5. The molecule has 0 saturated carbocycles. The van der Waals surface area contributed by atoms with Crippen molar-refractivity contribution in [1.82, 2.24) is 9.80 Å². The van der Waals surface area contributed by atoms with E-state index in [9.17, 15) is 13.2 Å². The van der Waals surface area contributed by atoms with Crippen molar-refractivity contribution in [2.45, 2.75) is 48.3 Å². The quantitative estimate of drug-likeness (QED) is 0.400. The van der Waals surface area contributed by atoms with Gasteiger partial charge in [-0.15, -0.1) is 0 Å². The summed E-state index contributed by atoms with van der Waals surface area (Å²) in [4.78, 5) is 18.2. The molecule has 0 aromatic heterocycles. The first-order valence-corrected chi connectivity index (χ1v) is 15.3. The van der Waals surface area contributed by atoms with Crippen molar-refractivity contribution in [2.24, 2.45) is 0 Å². The fourth-order valence-corrected chi connectivity index (χ4v) is 8.61. The number of likely N-dealkylation sites (tertiary alicyclic amines) is 1. The number of piperidine rings is 1. The van der Waals surface area contributed by atoms with E-state index in [4.69, 9.17) is 0 Å². The molecule has 2 aliphatic heterocycles. The summed E-state index contributed by atoms with van der Waals surface area (Å²) < 4.78 is 25.7. The fourth-order valence-electron chi connectivity index (χ4n) is 6.38. The predicted molar refractivity (Wildman–Crippen MR) is 152 cm³/mol. The van der Waals surface area contributed by atoms with Crippen LogP contribution in [-0.4, -0.2) is 63.1 Å². The number of hydrogen-bond donors (Lipinski definition) is 0. The van der Waals surface area contributed by atoms with E-state index in [1.54, 1.807) is 6.07 Å². The Morgan fingerprint density at radius 3 is 2.13 bits per heavy atom. The molecule has 0 N–H and O–H groups in total. The number of nitrogens with zero attached hydrogens (tertiary/aromatic N) is 2. The molecule has 5 nitrogen and oxygen atoms in total. The number of sulfone groups is 1. The number of likely N-dealkylation sites (N-methyl/N-ethyl adjacent to an activating group) is 1. The predicted octanol–water partition coefficient (Wildman–Crippen LogP) is 5.24. The SMILES string of the molecule is C[C@@H](C(=O)N(C)C[C@H](CCN1CCC2(CC1)CS(=O)(=O)c1ccccc12)c1ccccc1)c1ccccc1. The van der Waals surface area contributed by atoms with E-state index < -0.39 is 9.84 Å². The summed E-state index contributed by atoms with van der Waals surface area (Å²) in [7, 11) is -1.28. The molecule has 1 saturated heterocycles. The van der Waals surface area contributed by atoms with Gasteiger partial charge in [-0.05, 0) is 68.6 Å². The number of benzene rings is 3. The van der Waals surface area contributed by atoms with E-state index >= 15 is 0 Å². The smallest absolute Gasteiger partial charge is 0.229 e. The molecule has 1 fully saturated rings. The van der Waals surface area contributed by atoms with Crippen LogP contribution in [0.3, 0.4) is 0 Å². The van der Waals surface area contributed by atoms with Gasteiger partial charge in [-0.25, -0.2) is 8.42 Å². The molecule has 0 unspecified atom stereocenters. The Balaban J connectivity index is 1.23. The van der Waals surface area contributed by atoms with Gasteiger partial charge in [0.2, 0.25) is 5.91 Å². The Hall–Kier alpha value is -2.96. The van der Waals surface area contributed by atoms with E-state index in [0.717, 1.165) is 50.0 Å². The third-order valence-electron chi connectivity index (χ3n) is 8.68. The van der Waals surface area contributed by atoms with Crippen LogP contribution in [0.1, 0.15) is 54.7 Å². The molecule has 5 rings (SSSR count). The molecule has 6 heteroatoms. The highest BCUT2D eigenvalue weighted by molar-refractivity contribution is 7.91. The Bertz CT molecular complexity index is 1350. The summed E-state index contributed by atoms with van der Waals surface area (Å²) >= 11 is 0. The number of rotatable bonds is 8. The lowest BCUT2D eigenvalue weighted by Crippen LogP contribution is -2.44. The summed E-state index contributed by atoms with van der Waals surface area (Å²) in [5.74, 6) is 0.433. The van der Waals surface area contributed by atoms with Gasteiger partial charge in [-0.2, -0.15) is 0 Å². The van der Waals surface area contributed by atoms with Crippen LogP contribution in [0.4, 0.5) is 0 Å². The Kier molecular flexibility index (Phi) is 7.73.